The summed E-state index contributed by atoms with van der Waals surface area (Å²) in [5, 5.41) is 5.89. The SMILES string of the molecule is C=Cn1c2ccccc2c2cc(NCC)ccc21. The molecule has 0 aliphatic heterocycles. The molecular weight excluding hydrogens is 220 g/mol. The third kappa shape index (κ3) is 1.50. The van der Waals surface area contributed by atoms with Gasteiger partial charge in [0.2, 0.25) is 0 Å². The molecule has 0 aliphatic rings. The minimum atomic E-state index is 0.936. The normalized spacial score (nSPS) is 10.9. The van der Waals surface area contributed by atoms with E-state index in [1.165, 1.54) is 21.8 Å². The highest BCUT2D eigenvalue weighted by Crippen LogP contribution is 2.30. The Morgan fingerprint density at radius 1 is 1.11 bits per heavy atom. The van der Waals surface area contributed by atoms with Crippen molar-refractivity contribution in [2.45, 2.75) is 6.92 Å². The highest BCUT2D eigenvalue weighted by molar-refractivity contribution is 6.10. The second-order valence-corrected chi connectivity index (χ2v) is 4.33. The number of anilines is 1. The molecule has 2 nitrogen and oxygen atoms in total. The van der Waals surface area contributed by atoms with Gasteiger partial charge in [-0.2, -0.15) is 0 Å². The van der Waals surface area contributed by atoms with Gasteiger partial charge in [0.25, 0.3) is 0 Å². The van der Waals surface area contributed by atoms with E-state index in [0.29, 0.717) is 0 Å². The molecule has 0 aliphatic carbocycles. The maximum atomic E-state index is 3.91. The van der Waals surface area contributed by atoms with Crippen LogP contribution in [0.4, 0.5) is 5.69 Å². The zero-order chi connectivity index (χ0) is 12.5. The molecule has 0 atom stereocenters. The van der Waals surface area contributed by atoms with Crippen LogP contribution in [0.25, 0.3) is 28.0 Å². The molecule has 1 aromatic heterocycles. The number of para-hydroxylation sites is 1. The second kappa shape index (κ2) is 4.22. The maximum Gasteiger partial charge on any atom is 0.0536 e. The Morgan fingerprint density at radius 2 is 1.89 bits per heavy atom. The minimum absolute atomic E-state index is 0.936. The van der Waals surface area contributed by atoms with Crippen molar-refractivity contribution in [2.75, 3.05) is 11.9 Å². The van der Waals surface area contributed by atoms with Gasteiger partial charge in [-0.05, 0) is 31.2 Å². The molecule has 0 unspecified atom stereocenters. The third-order valence-electron chi connectivity index (χ3n) is 3.27. The zero-order valence-corrected chi connectivity index (χ0v) is 10.5. The Labute approximate surface area is 107 Å². The van der Waals surface area contributed by atoms with Crippen LogP contribution in [-0.4, -0.2) is 11.1 Å². The number of aromatic nitrogens is 1. The maximum absolute atomic E-state index is 3.91. The van der Waals surface area contributed by atoms with Crippen LogP contribution < -0.4 is 5.32 Å². The molecule has 0 fully saturated rings. The van der Waals surface area contributed by atoms with Crippen LogP contribution in [0.3, 0.4) is 0 Å². The Bertz CT molecular complexity index is 722. The van der Waals surface area contributed by atoms with E-state index in [1.807, 2.05) is 6.20 Å². The van der Waals surface area contributed by atoms with E-state index in [1.54, 1.807) is 0 Å². The molecule has 3 aromatic rings. The van der Waals surface area contributed by atoms with Crippen LogP contribution in [-0.2, 0) is 0 Å². The highest BCUT2D eigenvalue weighted by atomic mass is 15.0. The molecule has 0 radical (unpaired) electrons. The first-order valence-electron chi connectivity index (χ1n) is 6.24. The molecular formula is C16H16N2. The van der Waals surface area contributed by atoms with E-state index < -0.39 is 0 Å². The second-order valence-electron chi connectivity index (χ2n) is 4.33. The highest BCUT2D eigenvalue weighted by Gasteiger charge is 2.08. The van der Waals surface area contributed by atoms with Crippen molar-refractivity contribution in [1.82, 2.24) is 4.57 Å². The van der Waals surface area contributed by atoms with Crippen molar-refractivity contribution >= 4 is 33.7 Å². The first kappa shape index (κ1) is 10.9. The average Bonchev–Trinajstić information content (AvgIpc) is 2.72. The van der Waals surface area contributed by atoms with Gasteiger partial charge >= 0.3 is 0 Å². The lowest BCUT2D eigenvalue weighted by Crippen LogP contribution is -1.95. The summed E-state index contributed by atoms with van der Waals surface area (Å²) < 4.78 is 2.14. The molecule has 1 heterocycles. The van der Waals surface area contributed by atoms with Crippen LogP contribution >= 0.6 is 0 Å². The molecule has 3 rings (SSSR count). The first-order valence-corrected chi connectivity index (χ1v) is 6.24. The largest absolute Gasteiger partial charge is 0.385 e. The van der Waals surface area contributed by atoms with Crippen molar-refractivity contribution in [1.29, 1.82) is 0 Å². The summed E-state index contributed by atoms with van der Waals surface area (Å²) in [6, 6.07) is 14.9. The molecule has 1 N–H and O–H groups in total. The molecule has 0 saturated carbocycles. The Hall–Kier alpha value is -2.22. The molecule has 0 saturated heterocycles. The number of nitrogens with one attached hydrogen (secondary N) is 1. The van der Waals surface area contributed by atoms with Gasteiger partial charge in [0.1, 0.15) is 0 Å². The van der Waals surface area contributed by atoms with Gasteiger partial charge in [-0.3, -0.25) is 0 Å². The van der Waals surface area contributed by atoms with Crippen LogP contribution in [0.15, 0.2) is 49.0 Å². The number of nitrogens with zero attached hydrogens (tertiary/aromatic N) is 1. The molecule has 0 amide bonds. The summed E-state index contributed by atoms with van der Waals surface area (Å²) in [6.07, 6.45) is 1.87. The lowest BCUT2D eigenvalue weighted by Gasteiger charge is -2.03. The monoisotopic (exact) mass is 236 g/mol. The standard InChI is InChI=1S/C16H16N2/c1-3-17-12-9-10-16-14(11-12)13-7-5-6-8-15(13)18(16)4-2/h4-11,17H,2-3H2,1H3. The number of hydrogen-bond donors (Lipinski definition) is 1. The fraction of sp³-hybridized carbons (Fsp3) is 0.125. The van der Waals surface area contributed by atoms with E-state index in [9.17, 15) is 0 Å². The third-order valence-corrected chi connectivity index (χ3v) is 3.27. The number of benzene rings is 2. The van der Waals surface area contributed by atoms with Gasteiger partial charge in [-0.25, -0.2) is 0 Å². The zero-order valence-electron chi connectivity index (χ0n) is 10.5. The molecule has 90 valence electrons. The van der Waals surface area contributed by atoms with Crippen molar-refractivity contribution in [3.8, 4) is 0 Å². The fourth-order valence-electron chi connectivity index (χ4n) is 2.51. The molecule has 18 heavy (non-hydrogen) atoms. The first-order chi connectivity index (χ1) is 8.85. The predicted octanol–water partition coefficient (Wildman–Crippen LogP) is 4.33. The van der Waals surface area contributed by atoms with Crippen LogP contribution in [0, 0.1) is 0 Å². The summed E-state index contributed by atoms with van der Waals surface area (Å²) in [4.78, 5) is 0. The quantitative estimate of drug-likeness (QED) is 0.716. The van der Waals surface area contributed by atoms with Crippen molar-refractivity contribution in [3.05, 3.63) is 49.0 Å². The van der Waals surface area contributed by atoms with Crippen LogP contribution in [0.5, 0.6) is 0 Å². The number of fused-ring (bicyclic) bond motifs is 3. The number of rotatable bonds is 3. The van der Waals surface area contributed by atoms with E-state index in [-0.39, 0.29) is 0 Å². The Kier molecular flexibility index (Phi) is 2.56. The fourth-order valence-corrected chi connectivity index (χ4v) is 2.51. The molecule has 2 heteroatoms. The van der Waals surface area contributed by atoms with Gasteiger partial charge in [0.05, 0.1) is 11.0 Å². The van der Waals surface area contributed by atoms with Crippen molar-refractivity contribution in [3.63, 3.8) is 0 Å². The van der Waals surface area contributed by atoms with Gasteiger partial charge in [-0.15, -0.1) is 0 Å². The van der Waals surface area contributed by atoms with Crippen LogP contribution in [0.2, 0.25) is 0 Å². The van der Waals surface area contributed by atoms with Crippen molar-refractivity contribution < 1.29 is 0 Å². The summed E-state index contributed by atoms with van der Waals surface area (Å²) >= 11 is 0. The van der Waals surface area contributed by atoms with E-state index in [2.05, 4.69) is 65.9 Å². The molecule has 0 bridgehead atoms. The predicted molar refractivity (Wildman–Crippen MR) is 80.0 cm³/mol. The van der Waals surface area contributed by atoms with Gasteiger partial charge in [-0.1, -0.05) is 24.8 Å². The summed E-state index contributed by atoms with van der Waals surface area (Å²) in [7, 11) is 0. The topological polar surface area (TPSA) is 17.0 Å². The van der Waals surface area contributed by atoms with Gasteiger partial charge in [0, 0.05) is 29.2 Å². The van der Waals surface area contributed by atoms with Crippen molar-refractivity contribution in [2.24, 2.45) is 0 Å². The summed E-state index contributed by atoms with van der Waals surface area (Å²) in [5.74, 6) is 0. The molecule has 0 spiro atoms. The number of hydrogen-bond acceptors (Lipinski definition) is 1. The lowest BCUT2D eigenvalue weighted by atomic mass is 10.1. The smallest absolute Gasteiger partial charge is 0.0536 e. The Morgan fingerprint density at radius 3 is 2.67 bits per heavy atom. The van der Waals surface area contributed by atoms with E-state index in [4.69, 9.17) is 0 Å². The lowest BCUT2D eigenvalue weighted by molar-refractivity contribution is 1.21. The van der Waals surface area contributed by atoms with Gasteiger partial charge in [0.15, 0.2) is 0 Å². The van der Waals surface area contributed by atoms with Crippen LogP contribution in [0.1, 0.15) is 6.92 Å². The summed E-state index contributed by atoms with van der Waals surface area (Å²) in [5.41, 5.74) is 3.57. The Balaban J connectivity index is 2.41. The van der Waals surface area contributed by atoms with E-state index in [0.717, 1.165) is 12.2 Å². The average molecular weight is 236 g/mol. The minimum Gasteiger partial charge on any atom is -0.385 e. The summed E-state index contributed by atoms with van der Waals surface area (Å²) in [6.45, 7) is 6.95. The molecule has 2 aromatic carbocycles. The van der Waals surface area contributed by atoms with Gasteiger partial charge < -0.3 is 9.88 Å². The van der Waals surface area contributed by atoms with E-state index >= 15 is 0 Å².